The minimum Gasteiger partial charge on any atom is -0.495 e. The van der Waals surface area contributed by atoms with Crippen LogP contribution in [-0.4, -0.2) is 49.6 Å². The number of likely N-dealkylation sites (N-methyl/N-ethyl adjacent to an activating group) is 1. The quantitative estimate of drug-likeness (QED) is 0.807. The van der Waals surface area contributed by atoms with Crippen LogP contribution < -0.4 is 19.7 Å². The lowest BCUT2D eigenvalue weighted by atomic mass is 9.96. The molecule has 1 atom stereocenters. The standard InChI is InChI=1S/C21H20ClN3O5/c1-24-19(27)12-6-4-5-7-15(12)25-18(26)8-9-21(24,25)20(28)23-14-10-13(22)16(29-2)11-17(14)30-3/h4-7,10-11H,8-9H2,1-3H3,(H,23,28)/t21-/m1/s1. The Morgan fingerprint density at radius 1 is 1.13 bits per heavy atom. The first-order valence-electron chi connectivity index (χ1n) is 9.28. The summed E-state index contributed by atoms with van der Waals surface area (Å²) in [6.45, 7) is 0. The van der Waals surface area contributed by atoms with E-state index in [0.29, 0.717) is 28.4 Å². The van der Waals surface area contributed by atoms with Gasteiger partial charge in [-0.1, -0.05) is 23.7 Å². The number of methoxy groups -OCH3 is 2. The van der Waals surface area contributed by atoms with E-state index in [-0.39, 0.29) is 29.7 Å². The summed E-state index contributed by atoms with van der Waals surface area (Å²) in [4.78, 5) is 42.2. The van der Waals surface area contributed by atoms with Crippen LogP contribution >= 0.6 is 11.6 Å². The lowest BCUT2D eigenvalue weighted by molar-refractivity contribution is -0.128. The molecule has 2 aliphatic rings. The summed E-state index contributed by atoms with van der Waals surface area (Å²) in [5.41, 5.74) is -0.372. The van der Waals surface area contributed by atoms with Crippen molar-refractivity contribution in [2.45, 2.75) is 18.5 Å². The minimum atomic E-state index is -1.49. The maximum atomic E-state index is 13.6. The number of nitrogens with zero attached hydrogens (tertiary/aromatic N) is 2. The second-order valence-corrected chi connectivity index (χ2v) is 7.48. The first kappa shape index (κ1) is 20.0. The van der Waals surface area contributed by atoms with Gasteiger partial charge in [0.25, 0.3) is 11.8 Å². The Balaban J connectivity index is 1.80. The molecule has 0 aromatic heterocycles. The fourth-order valence-electron chi connectivity index (χ4n) is 4.11. The highest BCUT2D eigenvalue weighted by atomic mass is 35.5. The maximum absolute atomic E-state index is 13.6. The van der Waals surface area contributed by atoms with Crippen LogP contribution in [0.4, 0.5) is 11.4 Å². The Morgan fingerprint density at radius 3 is 2.53 bits per heavy atom. The highest BCUT2D eigenvalue weighted by Gasteiger charge is 2.59. The number of para-hydroxylation sites is 1. The average Bonchev–Trinajstić information content (AvgIpc) is 3.11. The van der Waals surface area contributed by atoms with Gasteiger partial charge in [0.05, 0.1) is 36.2 Å². The van der Waals surface area contributed by atoms with E-state index in [2.05, 4.69) is 5.32 Å². The number of hydrogen-bond donors (Lipinski definition) is 1. The van der Waals surface area contributed by atoms with E-state index in [0.717, 1.165) is 0 Å². The molecule has 156 valence electrons. The molecule has 1 N–H and O–H groups in total. The summed E-state index contributed by atoms with van der Waals surface area (Å²) in [5.74, 6) is -0.357. The van der Waals surface area contributed by atoms with Crippen LogP contribution in [0, 0.1) is 0 Å². The predicted molar refractivity (Wildman–Crippen MR) is 111 cm³/mol. The summed E-state index contributed by atoms with van der Waals surface area (Å²) >= 11 is 6.22. The normalized spacial score (nSPS) is 20.0. The highest BCUT2D eigenvalue weighted by molar-refractivity contribution is 6.32. The van der Waals surface area contributed by atoms with Crippen LogP contribution in [0.1, 0.15) is 23.2 Å². The lowest BCUT2D eigenvalue weighted by Crippen LogP contribution is -2.68. The number of anilines is 2. The van der Waals surface area contributed by atoms with Crippen LogP contribution in [0.3, 0.4) is 0 Å². The van der Waals surface area contributed by atoms with E-state index in [9.17, 15) is 14.4 Å². The molecule has 2 aromatic rings. The van der Waals surface area contributed by atoms with Crippen molar-refractivity contribution in [3.63, 3.8) is 0 Å². The van der Waals surface area contributed by atoms with Crippen LogP contribution in [0.5, 0.6) is 11.5 Å². The van der Waals surface area contributed by atoms with Gasteiger partial charge in [-0.05, 0) is 18.2 Å². The van der Waals surface area contributed by atoms with Crippen LogP contribution in [0.25, 0.3) is 0 Å². The number of halogens is 1. The molecular weight excluding hydrogens is 410 g/mol. The molecule has 0 saturated carbocycles. The zero-order valence-electron chi connectivity index (χ0n) is 16.7. The Morgan fingerprint density at radius 2 is 1.83 bits per heavy atom. The number of amides is 3. The molecule has 1 saturated heterocycles. The van der Waals surface area contributed by atoms with Crippen LogP contribution in [0.2, 0.25) is 5.02 Å². The van der Waals surface area contributed by atoms with Gasteiger partial charge < -0.3 is 19.7 Å². The van der Waals surface area contributed by atoms with E-state index in [1.165, 1.54) is 37.1 Å². The summed E-state index contributed by atoms with van der Waals surface area (Å²) in [6, 6.07) is 9.84. The number of rotatable bonds is 4. The van der Waals surface area contributed by atoms with Crippen molar-refractivity contribution in [2.75, 3.05) is 31.5 Å². The Kier molecular flexibility index (Phi) is 4.82. The topological polar surface area (TPSA) is 88.2 Å². The first-order chi connectivity index (χ1) is 14.3. The molecule has 4 rings (SSSR count). The van der Waals surface area contributed by atoms with Crippen molar-refractivity contribution in [1.82, 2.24) is 4.90 Å². The van der Waals surface area contributed by atoms with Crippen molar-refractivity contribution in [1.29, 1.82) is 0 Å². The van der Waals surface area contributed by atoms with Gasteiger partial charge in [0.15, 0.2) is 0 Å². The van der Waals surface area contributed by atoms with E-state index < -0.39 is 11.6 Å². The third-order valence-electron chi connectivity index (χ3n) is 5.63. The zero-order valence-corrected chi connectivity index (χ0v) is 17.4. The zero-order chi connectivity index (χ0) is 21.6. The van der Waals surface area contributed by atoms with Gasteiger partial charge in [0, 0.05) is 26.0 Å². The molecule has 0 radical (unpaired) electrons. The number of fused-ring (bicyclic) bond motifs is 3. The van der Waals surface area contributed by atoms with Crippen LogP contribution in [-0.2, 0) is 9.59 Å². The van der Waals surface area contributed by atoms with E-state index in [1.54, 1.807) is 30.3 Å². The summed E-state index contributed by atoms with van der Waals surface area (Å²) in [7, 11) is 4.45. The van der Waals surface area contributed by atoms with Gasteiger partial charge in [-0.2, -0.15) is 0 Å². The Bertz CT molecular complexity index is 1070. The Labute approximate surface area is 178 Å². The van der Waals surface area contributed by atoms with Crippen molar-refractivity contribution >= 4 is 40.7 Å². The SMILES string of the molecule is COc1cc(OC)c(NC(=O)[C@@]23CCC(=O)N2c2ccccc2C(=O)N3C)cc1Cl. The summed E-state index contributed by atoms with van der Waals surface area (Å²) in [6.07, 6.45) is 0.306. The van der Waals surface area contributed by atoms with Crippen molar-refractivity contribution in [3.05, 3.63) is 47.0 Å². The van der Waals surface area contributed by atoms with Gasteiger partial charge >= 0.3 is 0 Å². The second-order valence-electron chi connectivity index (χ2n) is 7.07. The average molecular weight is 430 g/mol. The maximum Gasteiger partial charge on any atom is 0.271 e. The molecule has 2 aliphatic heterocycles. The second kappa shape index (κ2) is 7.21. The van der Waals surface area contributed by atoms with Crippen LogP contribution in [0.15, 0.2) is 36.4 Å². The number of hydrogen-bond acceptors (Lipinski definition) is 5. The van der Waals surface area contributed by atoms with Crippen molar-refractivity contribution in [2.24, 2.45) is 0 Å². The number of carbonyl (C=O) groups is 3. The Hall–Kier alpha value is -3.26. The van der Waals surface area contributed by atoms with E-state index in [1.807, 2.05) is 0 Å². The highest BCUT2D eigenvalue weighted by Crippen LogP contribution is 2.45. The molecule has 3 amide bonds. The van der Waals surface area contributed by atoms with Crippen molar-refractivity contribution in [3.8, 4) is 11.5 Å². The largest absolute Gasteiger partial charge is 0.495 e. The van der Waals surface area contributed by atoms with E-state index >= 15 is 0 Å². The predicted octanol–water partition coefficient (Wildman–Crippen LogP) is 2.90. The molecular formula is C21H20ClN3O5. The minimum absolute atomic E-state index is 0.139. The number of ether oxygens (including phenoxy) is 2. The number of carbonyl (C=O) groups excluding carboxylic acids is 3. The first-order valence-corrected chi connectivity index (χ1v) is 9.66. The summed E-state index contributed by atoms with van der Waals surface area (Å²) < 4.78 is 10.5. The fraction of sp³-hybridized carbons (Fsp3) is 0.286. The van der Waals surface area contributed by atoms with E-state index in [4.69, 9.17) is 21.1 Å². The fourth-order valence-corrected chi connectivity index (χ4v) is 4.35. The third kappa shape index (κ3) is 2.71. The summed E-state index contributed by atoms with van der Waals surface area (Å²) in [5, 5.41) is 3.08. The monoisotopic (exact) mass is 429 g/mol. The molecule has 2 aromatic carbocycles. The van der Waals surface area contributed by atoms with Crippen molar-refractivity contribution < 1.29 is 23.9 Å². The van der Waals surface area contributed by atoms with Gasteiger partial charge in [0.1, 0.15) is 11.5 Å². The number of benzene rings is 2. The van der Waals surface area contributed by atoms with Gasteiger partial charge in [-0.15, -0.1) is 0 Å². The third-order valence-corrected chi connectivity index (χ3v) is 5.92. The van der Waals surface area contributed by atoms with Gasteiger partial charge in [-0.25, -0.2) is 0 Å². The lowest BCUT2D eigenvalue weighted by Gasteiger charge is -2.47. The molecule has 0 spiro atoms. The molecule has 30 heavy (non-hydrogen) atoms. The van der Waals surface area contributed by atoms with Gasteiger partial charge in [0.2, 0.25) is 11.6 Å². The smallest absolute Gasteiger partial charge is 0.271 e. The molecule has 8 nitrogen and oxygen atoms in total. The molecule has 0 bridgehead atoms. The molecule has 9 heteroatoms. The molecule has 0 unspecified atom stereocenters. The van der Waals surface area contributed by atoms with Gasteiger partial charge in [-0.3, -0.25) is 19.3 Å². The number of nitrogens with one attached hydrogen (secondary N) is 1. The molecule has 1 fully saturated rings. The molecule has 0 aliphatic carbocycles. The molecule has 2 heterocycles.